The molecule has 8 rings (SSSR count). The zero-order valence-corrected chi connectivity index (χ0v) is 65.8. The molecule has 4 aliphatic heterocycles. The molecule has 104 heavy (non-hydrogen) atoms. The number of amides is 1. The number of benzene rings is 1. The maximum atomic E-state index is 14.6. The molecule has 0 aromatic heterocycles. The Balaban J connectivity index is 1.04. The summed E-state index contributed by atoms with van der Waals surface area (Å²) in [4.78, 5) is 76.2. The SMILES string of the molecule is CCN(CC(=O)CCCOCCOCCN)[C@H]1CO[C@@H](O[C@H]2[C@H](O[C@H]3C#C/C=C(/C)C#CC45C(CC(C)=O)C(=O)C[C@]4(O)/C(=C/CSSC(C)(C)CC(=O)NN)C35)O[C@H](C)[C@@H](NO[C@H]3C[C@H](O)[C@H](SC(=O)c4c(C)c(I)c(O[C@@H]5O[C@@H](C)[C@H](O)[C@@H](OC)[C@H]5O)c(OC)c4OC)[C@@H](C)O3)[C@@H]2O)C[C@@H]1OC. The highest BCUT2D eigenvalue weighted by Crippen LogP contribution is 2.70. The molecular weight excluding hydrogens is 1530 g/mol. The first-order valence-electron chi connectivity index (χ1n) is 35.0. The van der Waals surface area contributed by atoms with Crippen molar-refractivity contribution in [2.24, 2.45) is 28.8 Å². The molecule has 7 aliphatic rings. The number of allylic oxidation sites excluding steroid dienone is 2. The van der Waals surface area contributed by atoms with Crippen molar-refractivity contribution in [3.8, 4) is 40.9 Å². The fraction of sp³-hybridized carbons (Fsp3) is 0.732. The van der Waals surface area contributed by atoms with Crippen LogP contribution in [0.5, 0.6) is 17.2 Å². The highest BCUT2D eigenvalue weighted by Gasteiger charge is 2.78. The number of halogens is 1. The fourth-order valence-corrected chi connectivity index (χ4v) is 18.7. The number of thioether (sulfide) groups is 1. The topological polar surface area (TPSA) is 395 Å². The lowest BCUT2D eigenvalue weighted by atomic mass is 9.44. The lowest BCUT2D eigenvalue weighted by Gasteiger charge is -2.60. The number of aliphatic hydroxyl groups excluding tert-OH is 4. The molecule has 3 aliphatic carbocycles. The quantitative estimate of drug-likeness (QED) is 0.00681. The number of methoxy groups -OCH3 is 4. The Morgan fingerprint density at radius 1 is 0.885 bits per heavy atom. The molecular formula is C71H104IN5O24S3. The van der Waals surface area contributed by atoms with Gasteiger partial charge in [0.2, 0.25) is 23.1 Å². The summed E-state index contributed by atoms with van der Waals surface area (Å²) in [6, 6.07) is -1.54. The third-order valence-electron chi connectivity index (χ3n) is 19.9. The summed E-state index contributed by atoms with van der Waals surface area (Å²) >= 11 is 2.82. The normalized spacial score (nSPS) is 34.9. The van der Waals surface area contributed by atoms with Gasteiger partial charge in [-0.15, -0.1) is 0 Å². The molecule has 1 aromatic carbocycles. The monoisotopic (exact) mass is 1630 g/mol. The lowest BCUT2D eigenvalue weighted by molar-refractivity contribution is -0.344. The average Bonchev–Trinajstić information content (AvgIpc) is 1.45. The van der Waals surface area contributed by atoms with E-state index in [9.17, 15) is 49.5 Å². The molecule has 3 unspecified atom stereocenters. The summed E-state index contributed by atoms with van der Waals surface area (Å²) in [7, 11) is 8.47. The molecule has 4 heterocycles. The van der Waals surface area contributed by atoms with E-state index >= 15 is 0 Å². The second kappa shape index (κ2) is 38.8. The number of Topliss-reactive ketones (excluding diaryl/α,β-unsaturated/α-hetero) is 3. The highest BCUT2D eigenvalue weighted by atomic mass is 127. The molecule has 1 amide bonds. The van der Waals surface area contributed by atoms with Crippen molar-refractivity contribution >= 4 is 84.3 Å². The van der Waals surface area contributed by atoms with Crippen LogP contribution in [0, 0.1) is 51.4 Å². The van der Waals surface area contributed by atoms with Gasteiger partial charge in [0.1, 0.15) is 59.6 Å². The van der Waals surface area contributed by atoms with Crippen molar-refractivity contribution < 1.29 is 116 Å². The van der Waals surface area contributed by atoms with Gasteiger partial charge in [-0.1, -0.05) is 70.0 Å². The van der Waals surface area contributed by atoms with Gasteiger partial charge in [0.05, 0.1) is 110 Å². The fourth-order valence-electron chi connectivity index (χ4n) is 14.6. The van der Waals surface area contributed by atoms with E-state index in [2.05, 4.69) is 34.6 Å². The van der Waals surface area contributed by atoms with Gasteiger partial charge in [0, 0.05) is 93.8 Å². The third kappa shape index (κ3) is 19.7. The Kier molecular flexibility index (Phi) is 32.1. The van der Waals surface area contributed by atoms with Crippen LogP contribution in [0.1, 0.15) is 116 Å². The van der Waals surface area contributed by atoms with Crippen molar-refractivity contribution in [3.63, 3.8) is 0 Å². The van der Waals surface area contributed by atoms with Crippen LogP contribution in [0.25, 0.3) is 0 Å². The Bertz CT molecular complexity index is 3340. The first-order valence-corrected chi connectivity index (χ1v) is 39.2. The Hall–Kier alpha value is -3.65. The van der Waals surface area contributed by atoms with E-state index in [-0.39, 0.29) is 103 Å². The molecule has 4 saturated heterocycles. The standard InChI is InChI=1S/C71H104IN5O24S3/c1-14-77(34-42(79)18-16-24-92-26-27-93-25-23-73)45-35-94-51(31-49(45)88-10)99-63-58(84)56(76-101-52-30-46(80)65(41(7)95-52)103-66(86)53-38(4)55(72)61(64(91-13)60(53)89-11)100-67-59(85)62(90-12)57(83)40(6)97-67)39(5)96-68(63)98-48-19-15-17-36(2)20-22-70-44(29-37(3)78)47(81)32-71(70,87)43(54(48)70)21-28-102-104-69(8,9)33-50(82)75-74/h17,21,39-41,44-46,48-49,51-52,54,56-59,62-63,65,67-68,76,80,83-85,87H,14,16,18,23-35,73-74H2,1-13H3,(H,75,82)/b36-17-,43-21+/t39-,40+,41-,44?,45+,46+,48+,49+,51+,52+,54?,56-,57+,58+,59-,62-,63-,65-,67+,68+,70?,71+/m1/s1. The van der Waals surface area contributed by atoms with Crippen LogP contribution in [0.2, 0.25) is 0 Å². The van der Waals surface area contributed by atoms with Gasteiger partial charge in [-0.3, -0.25) is 34.3 Å². The molecule has 33 heteroatoms. The molecule has 0 radical (unpaired) electrons. The van der Waals surface area contributed by atoms with Crippen molar-refractivity contribution in [1.29, 1.82) is 0 Å². The van der Waals surface area contributed by atoms with Gasteiger partial charge in [-0.25, -0.2) is 5.84 Å². The zero-order valence-electron chi connectivity index (χ0n) is 61.2. The van der Waals surface area contributed by atoms with Gasteiger partial charge in [0.25, 0.3) is 0 Å². The number of ether oxygens (including phenoxy) is 13. The van der Waals surface area contributed by atoms with Crippen molar-refractivity contribution in [3.05, 3.63) is 38.0 Å². The number of hydrogen-bond acceptors (Lipinski definition) is 31. The number of ketones is 3. The molecule has 582 valence electrons. The zero-order chi connectivity index (χ0) is 76.1. The van der Waals surface area contributed by atoms with Crippen LogP contribution in [-0.4, -0.2) is 266 Å². The molecule has 1 spiro atoms. The van der Waals surface area contributed by atoms with Crippen LogP contribution >= 0.6 is 55.9 Å². The molecule has 2 saturated carbocycles. The predicted molar refractivity (Wildman–Crippen MR) is 392 cm³/mol. The van der Waals surface area contributed by atoms with Crippen LogP contribution in [0.15, 0.2) is 23.3 Å². The number of hydroxylamine groups is 1. The molecule has 11 N–H and O–H groups in total. The lowest BCUT2D eigenvalue weighted by Crippen LogP contribution is -2.69. The summed E-state index contributed by atoms with van der Waals surface area (Å²) in [6.45, 7) is 18.1. The largest absolute Gasteiger partial charge is 0.492 e. The number of nitrogens with two attached hydrogens (primary N) is 2. The van der Waals surface area contributed by atoms with E-state index in [1.54, 1.807) is 47.8 Å². The van der Waals surface area contributed by atoms with E-state index in [1.165, 1.54) is 49.8 Å². The van der Waals surface area contributed by atoms with Gasteiger partial charge < -0.3 is 97.6 Å². The molecule has 0 bridgehead atoms. The number of rotatable bonds is 36. The minimum atomic E-state index is -1.87. The Morgan fingerprint density at radius 3 is 2.25 bits per heavy atom. The minimum absolute atomic E-state index is 0.00273. The smallest absolute Gasteiger partial charge is 0.235 e. The Labute approximate surface area is 634 Å². The summed E-state index contributed by atoms with van der Waals surface area (Å²) in [5, 5.41) is 58.4. The van der Waals surface area contributed by atoms with Gasteiger partial charge in [-0.05, 0) is 108 Å². The van der Waals surface area contributed by atoms with Crippen LogP contribution < -0.4 is 36.7 Å². The maximum Gasteiger partial charge on any atom is 0.235 e. The number of nitrogens with zero attached hydrogens (tertiary/aromatic N) is 1. The number of hydrogen-bond donors (Lipinski definition) is 9. The maximum absolute atomic E-state index is 14.6. The Morgan fingerprint density at radius 2 is 1.60 bits per heavy atom. The number of likely N-dealkylation sites (N-methyl/N-ethyl adjacent to an activating group) is 1. The predicted octanol–water partition coefficient (Wildman–Crippen LogP) is 3.12. The number of carbonyl (C=O) groups excluding carboxylic acids is 5. The van der Waals surface area contributed by atoms with Gasteiger partial charge >= 0.3 is 0 Å². The van der Waals surface area contributed by atoms with Crippen molar-refractivity contribution in [1.82, 2.24) is 15.8 Å². The number of carbonyl (C=O) groups is 5. The number of nitrogens with one attached hydrogen (secondary N) is 2. The van der Waals surface area contributed by atoms with E-state index in [0.717, 1.165) is 11.8 Å². The summed E-state index contributed by atoms with van der Waals surface area (Å²) in [6.07, 6.45) is -13.7. The average molecular weight is 1630 g/mol. The molecule has 1 aromatic rings. The molecule has 6 fully saturated rings. The second-order valence-electron chi connectivity index (χ2n) is 27.5. The minimum Gasteiger partial charge on any atom is -0.492 e. The summed E-state index contributed by atoms with van der Waals surface area (Å²) in [5.41, 5.74) is 8.61. The third-order valence-corrected chi connectivity index (χ3v) is 25.7. The van der Waals surface area contributed by atoms with Crippen LogP contribution in [0.4, 0.5) is 0 Å². The van der Waals surface area contributed by atoms with E-state index < -0.39 is 142 Å². The van der Waals surface area contributed by atoms with Crippen LogP contribution in [0.3, 0.4) is 0 Å². The van der Waals surface area contributed by atoms with E-state index in [4.69, 9.17) is 78.0 Å². The molecule has 22 atom stereocenters. The summed E-state index contributed by atoms with van der Waals surface area (Å²) in [5.74, 6) is 15.6. The van der Waals surface area contributed by atoms with Gasteiger partial charge in [-0.2, -0.15) is 5.48 Å². The number of hydrazine groups is 1. The van der Waals surface area contributed by atoms with Gasteiger partial charge in [0.15, 0.2) is 30.4 Å². The first-order chi connectivity index (χ1) is 49.5. The highest BCUT2D eigenvalue weighted by molar-refractivity contribution is 14.1. The van der Waals surface area contributed by atoms with E-state index in [1.807, 2.05) is 54.3 Å². The van der Waals surface area contributed by atoms with Crippen molar-refractivity contribution in [2.75, 3.05) is 86.9 Å². The number of aliphatic hydroxyl groups is 5. The van der Waals surface area contributed by atoms with Crippen LogP contribution in [-0.2, 0) is 71.4 Å². The van der Waals surface area contributed by atoms with Crippen molar-refractivity contribution in [2.45, 2.75) is 227 Å². The second-order valence-corrected chi connectivity index (χ2v) is 32.8. The van der Waals surface area contributed by atoms with E-state index in [0.29, 0.717) is 66.2 Å². The first kappa shape index (κ1) is 86.0. The molecule has 29 nitrogen and oxygen atoms in total. The summed E-state index contributed by atoms with van der Waals surface area (Å²) < 4.78 is 79.7.